The Kier molecular flexibility index (Phi) is 5.44. The van der Waals surface area contributed by atoms with Gasteiger partial charge in [0.25, 0.3) is 0 Å². The summed E-state index contributed by atoms with van der Waals surface area (Å²) >= 11 is 0. The van der Waals surface area contributed by atoms with E-state index in [0.717, 1.165) is 24.0 Å². The lowest BCUT2D eigenvalue weighted by Crippen LogP contribution is -2.21. The molecule has 7 heteroatoms. The second-order valence-electron chi connectivity index (χ2n) is 7.79. The van der Waals surface area contributed by atoms with Crippen LogP contribution in [0.5, 0.6) is 0 Å². The number of anilines is 2. The molecule has 0 atom stereocenters. The van der Waals surface area contributed by atoms with Crippen molar-refractivity contribution in [3.8, 4) is 11.4 Å². The van der Waals surface area contributed by atoms with Crippen LogP contribution in [0.3, 0.4) is 0 Å². The predicted molar refractivity (Wildman–Crippen MR) is 112 cm³/mol. The molecular formula is C23H23FN4O2. The zero-order chi connectivity index (χ0) is 21.3. The number of benzene rings is 1. The molecule has 0 saturated heterocycles. The molecule has 154 valence electrons. The summed E-state index contributed by atoms with van der Waals surface area (Å²) < 4.78 is 19.3. The maximum absolute atomic E-state index is 14.4. The van der Waals surface area contributed by atoms with E-state index in [1.165, 1.54) is 19.4 Å². The molecule has 1 saturated carbocycles. The summed E-state index contributed by atoms with van der Waals surface area (Å²) in [5, 5.41) is 3.25. The Morgan fingerprint density at radius 3 is 2.77 bits per heavy atom. The number of carbonyl (C=O) groups excluding carboxylic acids is 1. The third kappa shape index (κ3) is 3.87. The molecule has 0 unspecified atom stereocenters. The van der Waals surface area contributed by atoms with E-state index in [2.05, 4.69) is 27.2 Å². The van der Waals surface area contributed by atoms with E-state index in [4.69, 9.17) is 4.74 Å². The highest BCUT2D eigenvalue weighted by Crippen LogP contribution is 2.44. The third-order valence-corrected chi connectivity index (χ3v) is 5.47. The van der Waals surface area contributed by atoms with Crippen LogP contribution in [-0.4, -0.2) is 28.0 Å². The predicted octanol–water partition coefficient (Wildman–Crippen LogP) is 5.03. The number of aryl methyl sites for hydroxylation is 1. The number of nitrogens with zero attached hydrogens (tertiary/aromatic N) is 3. The highest BCUT2D eigenvalue weighted by atomic mass is 19.1. The molecule has 6 nitrogen and oxygen atoms in total. The van der Waals surface area contributed by atoms with Crippen molar-refractivity contribution in [3.05, 3.63) is 65.4 Å². The minimum absolute atomic E-state index is 0.295. The van der Waals surface area contributed by atoms with E-state index < -0.39 is 5.97 Å². The Morgan fingerprint density at radius 1 is 1.23 bits per heavy atom. The summed E-state index contributed by atoms with van der Waals surface area (Å²) in [6.07, 6.45) is 6.87. The van der Waals surface area contributed by atoms with E-state index in [1.807, 2.05) is 6.92 Å². The molecule has 1 aliphatic carbocycles. The first-order valence-electron chi connectivity index (χ1n) is 9.89. The number of nitrogens with one attached hydrogen (secondary N) is 1. The molecule has 0 spiro atoms. The molecule has 0 radical (unpaired) electrons. The first-order chi connectivity index (χ1) is 14.5. The van der Waals surface area contributed by atoms with Crippen LogP contribution in [0.2, 0.25) is 0 Å². The molecule has 1 aliphatic rings. The molecule has 30 heavy (non-hydrogen) atoms. The number of ether oxygens (including phenoxy) is 1. The summed E-state index contributed by atoms with van der Waals surface area (Å²) in [6.45, 7) is 4.10. The van der Waals surface area contributed by atoms with E-state index >= 15 is 0 Å². The fourth-order valence-electron chi connectivity index (χ4n) is 3.79. The smallest absolute Gasteiger partial charge is 0.341 e. The lowest BCUT2D eigenvalue weighted by atomic mass is 9.73. The lowest BCUT2D eigenvalue weighted by molar-refractivity contribution is 0.0601. The monoisotopic (exact) mass is 406 g/mol. The number of rotatable bonds is 5. The highest BCUT2D eigenvalue weighted by molar-refractivity contribution is 5.96. The first-order valence-corrected chi connectivity index (χ1v) is 9.89. The van der Waals surface area contributed by atoms with Gasteiger partial charge in [-0.1, -0.05) is 18.6 Å². The Morgan fingerprint density at radius 2 is 2.03 bits per heavy atom. The van der Waals surface area contributed by atoms with Crippen LogP contribution in [0, 0.1) is 18.7 Å². The van der Waals surface area contributed by atoms with Gasteiger partial charge in [-0.25, -0.2) is 19.2 Å². The number of aromatic nitrogens is 3. The van der Waals surface area contributed by atoms with Crippen LogP contribution >= 0.6 is 0 Å². The fourth-order valence-corrected chi connectivity index (χ4v) is 3.79. The van der Waals surface area contributed by atoms with Crippen molar-refractivity contribution in [3.63, 3.8) is 0 Å². The van der Waals surface area contributed by atoms with Crippen LogP contribution in [0.1, 0.15) is 47.2 Å². The van der Waals surface area contributed by atoms with Gasteiger partial charge in [0.15, 0.2) is 5.82 Å². The molecule has 1 N–H and O–H groups in total. The van der Waals surface area contributed by atoms with Crippen molar-refractivity contribution >= 4 is 17.5 Å². The molecule has 0 aliphatic heterocycles. The Hall–Kier alpha value is -3.35. The number of hydrogen-bond acceptors (Lipinski definition) is 6. The summed E-state index contributed by atoms with van der Waals surface area (Å²) in [4.78, 5) is 25.3. The Bertz CT molecular complexity index is 1100. The van der Waals surface area contributed by atoms with Crippen molar-refractivity contribution < 1.29 is 13.9 Å². The average molecular weight is 406 g/mol. The lowest BCUT2D eigenvalue weighted by Gasteiger charge is -2.33. The van der Waals surface area contributed by atoms with Gasteiger partial charge in [0.1, 0.15) is 17.2 Å². The topological polar surface area (TPSA) is 77.0 Å². The normalized spacial score (nSPS) is 17.9. The van der Waals surface area contributed by atoms with Crippen molar-refractivity contribution in [2.75, 3.05) is 12.4 Å². The minimum atomic E-state index is -0.497. The molecule has 4 rings (SSSR count). The van der Waals surface area contributed by atoms with Crippen molar-refractivity contribution in [2.45, 2.75) is 32.6 Å². The molecule has 2 heterocycles. The van der Waals surface area contributed by atoms with Gasteiger partial charge < -0.3 is 10.1 Å². The molecule has 2 aromatic heterocycles. The zero-order valence-electron chi connectivity index (χ0n) is 17.1. The summed E-state index contributed by atoms with van der Waals surface area (Å²) in [7, 11) is 1.32. The van der Waals surface area contributed by atoms with Crippen molar-refractivity contribution in [2.24, 2.45) is 5.92 Å². The largest absolute Gasteiger partial charge is 0.465 e. The van der Waals surface area contributed by atoms with Crippen molar-refractivity contribution in [1.82, 2.24) is 15.0 Å². The number of hydrogen-bond donors (Lipinski definition) is 1. The van der Waals surface area contributed by atoms with E-state index in [0.29, 0.717) is 40.3 Å². The number of halogens is 1. The molecule has 0 amide bonds. The standard InChI is InChI=1S/C23H23FN4O2/c1-13-4-5-19(24)16(10-13)21-26-12-17(15-8-14(2)9-15)22(28-21)27-20-6-7-25-11-18(20)23(29)30-3/h4-7,10-12,14-15H,8-9H2,1-3H3,(H,25,26,27,28). The second kappa shape index (κ2) is 8.18. The van der Waals surface area contributed by atoms with Gasteiger partial charge in [0.05, 0.1) is 18.4 Å². The minimum Gasteiger partial charge on any atom is -0.465 e. The maximum Gasteiger partial charge on any atom is 0.341 e. The van der Waals surface area contributed by atoms with Gasteiger partial charge in [-0.05, 0) is 49.8 Å². The number of methoxy groups -OCH3 is 1. The average Bonchev–Trinajstić information content (AvgIpc) is 2.73. The Balaban J connectivity index is 1.78. The fraction of sp³-hybridized carbons (Fsp3) is 0.304. The molecule has 1 aromatic carbocycles. The zero-order valence-corrected chi connectivity index (χ0v) is 17.1. The number of esters is 1. The SMILES string of the molecule is COC(=O)c1cnccc1Nc1nc(-c2cc(C)ccc2F)ncc1C1CC(C)C1. The number of carbonyl (C=O) groups is 1. The van der Waals surface area contributed by atoms with Crippen molar-refractivity contribution in [1.29, 1.82) is 0 Å². The maximum atomic E-state index is 14.4. The summed E-state index contributed by atoms with van der Waals surface area (Å²) in [5.74, 6) is 0.947. The molecule has 0 bridgehead atoms. The first kappa shape index (κ1) is 19.9. The van der Waals surface area contributed by atoms with Gasteiger partial charge >= 0.3 is 5.97 Å². The number of pyridine rings is 1. The van der Waals surface area contributed by atoms with Crippen LogP contribution in [0.25, 0.3) is 11.4 Å². The van der Waals surface area contributed by atoms with E-state index in [-0.39, 0.29) is 5.82 Å². The van der Waals surface area contributed by atoms with E-state index in [1.54, 1.807) is 30.6 Å². The Labute approximate surface area is 174 Å². The van der Waals surface area contributed by atoms with Crippen LogP contribution < -0.4 is 5.32 Å². The van der Waals surface area contributed by atoms with Gasteiger partial charge in [0, 0.05) is 24.2 Å². The molecule has 1 fully saturated rings. The van der Waals surface area contributed by atoms with Crippen LogP contribution in [0.4, 0.5) is 15.9 Å². The summed E-state index contributed by atoms with van der Waals surface area (Å²) in [6, 6.07) is 6.54. The van der Waals surface area contributed by atoms with E-state index in [9.17, 15) is 9.18 Å². The van der Waals surface area contributed by atoms with Crippen LogP contribution in [0.15, 0.2) is 42.9 Å². The summed E-state index contributed by atoms with van der Waals surface area (Å²) in [5.41, 5.74) is 3.05. The quantitative estimate of drug-likeness (QED) is 0.599. The molecular weight excluding hydrogens is 383 g/mol. The van der Waals surface area contributed by atoms with Crippen LogP contribution in [-0.2, 0) is 4.74 Å². The second-order valence-corrected chi connectivity index (χ2v) is 7.79. The van der Waals surface area contributed by atoms with Gasteiger partial charge in [-0.3, -0.25) is 4.98 Å². The van der Waals surface area contributed by atoms with Gasteiger partial charge in [-0.15, -0.1) is 0 Å². The third-order valence-electron chi connectivity index (χ3n) is 5.47. The molecule has 3 aromatic rings. The highest BCUT2D eigenvalue weighted by Gasteiger charge is 2.30. The van der Waals surface area contributed by atoms with Gasteiger partial charge in [-0.2, -0.15) is 0 Å². The van der Waals surface area contributed by atoms with Gasteiger partial charge in [0.2, 0.25) is 0 Å².